The van der Waals surface area contributed by atoms with E-state index in [2.05, 4.69) is 15.5 Å². The molecule has 1 saturated heterocycles. The molecule has 1 N–H and O–H groups in total. The maximum Gasteiger partial charge on any atom is 0.244 e. The van der Waals surface area contributed by atoms with Gasteiger partial charge < -0.3 is 14.3 Å². The minimum atomic E-state index is 0.186. The first-order valence-corrected chi connectivity index (χ1v) is 6.46. The number of nitrogens with one attached hydrogen (secondary N) is 1. The fourth-order valence-corrected chi connectivity index (χ4v) is 2.46. The van der Waals surface area contributed by atoms with Crippen LogP contribution in [0.2, 0.25) is 0 Å². The van der Waals surface area contributed by atoms with E-state index in [0.29, 0.717) is 17.5 Å². The molecule has 0 aliphatic carbocycles. The molecule has 0 unspecified atom stereocenters. The molecule has 1 aromatic carbocycles. The number of furan rings is 1. The lowest BCUT2D eigenvalue weighted by atomic mass is 10.2. The highest BCUT2D eigenvalue weighted by molar-refractivity contribution is 5.81. The Balaban J connectivity index is 1.71. The highest BCUT2D eigenvalue weighted by Gasteiger charge is 2.23. The fraction of sp³-hybridized carbons (Fsp3) is 0.286. The van der Waals surface area contributed by atoms with Gasteiger partial charge in [0.25, 0.3) is 0 Å². The third-order valence-electron chi connectivity index (χ3n) is 3.45. The lowest BCUT2D eigenvalue weighted by Crippen LogP contribution is -2.12. The summed E-state index contributed by atoms with van der Waals surface area (Å²) in [7, 11) is 0. The van der Waals surface area contributed by atoms with Crippen LogP contribution < -0.4 is 5.32 Å². The molecule has 0 spiro atoms. The maximum atomic E-state index is 5.72. The number of rotatable bonds is 2. The predicted octanol–water partition coefficient (Wildman–Crippen LogP) is 2.91. The standard InChI is InChI=1S/C14H13N3O2/c1-2-6-11-9(4-1)8-12(18-11)13-16-14(19-17-13)10-5-3-7-15-10/h1-2,4,6,8,10,15H,3,5,7H2/t10-/m1/s1. The molecule has 96 valence electrons. The first kappa shape index (κ1) is 10.8. The van der Waals surface area contributed by atoms with Crippen molar-refractivity contribution in [3.63, 3.8) is 0 Å². The molecule has 0 saturated carbocycles. The van der Waals surface area contributed by atoms with Crippen molar-refractivity contribution >= 4 is 11.0 Å². The molecule has 3 aromatic rings. The molecule has 1 atom stereocenters. The van der Waals surface area contributed by atoms with Crippen molar-refractivity contribution in [1.82, 2.24) is 15.5 Å². The Morgan fingerprint density at radius 1 is 1.26 bits per heavy atom. The predicted molar refractivity (Wildman–Crippen MR) is 69.5 cm³/mol. The van der Waals surface area contributed by atoms with Crippen molar-refractivity contribution < 1.29 is 8.94 Å². The van der Waals surface area contributed by atoms with Crippen LogP contribution in [0.3, 0.4) is 0 Å². The van der Waals surface area contributed by atoms with Crippen molar-refractivity contribution in [2.24, 2.45) is 0 Å². The fourth-order valence-electron chi connectivity index (χ4n) is 2.46. The van der Waals surface area contributed by atoms with E-state index in [1.54, 1.807) is 0 Å². The van der Waals surface area contributed by atoms with Gasteiger partial charge in [-0.3, -0.25) is 0 Å². The topological polar surface area (TPSA) is 64.1 Å². The lowest BCUT2D eigenvalue weighted by molar-refractivity contribution is 0.344. The SMILES string of the molecule is c1ccc2oc(-c3noc([C@H]4CCCN4)n3)cc2c1. The van der Waals surface area contributed by atoms with E-state index in [1.807, 2.05) is 30.3 Å². The summed E-state index contributed by atoms with van der Waals surface area (Å²) in [5.41, 5.74) is 0.836. The molecule has 5 heteroatoms. The minimum Gasteiger partial charge on any atom is -0.453 e. The quantitative estimate of drug-likeness (QED) is 0.762. The van der Waals surface area contributed by atoms with E-state index in [4.69, 9.17) is 8.94 Å². The molecular formula is C14H13N3O2. The third-order valence-corrected chi connectivity index (χ3v) is 3.45. The van der Waals surface area contributed by atoms with Gasteiger partial charge in [0.2, 0.25) is 11.7 Å². The molecule has 1 aliphatic heterocycles. The van der Waals surface area contributed by atoms with Gasteiger partial charge in [-0.05, 0) is 31.5 Å². The molecule has 1 aliphatic rings. The smallest absolute Gasteiger partial charge is 0.244 e. The van der Waals surface area contributed by atoms with E-state index in [0.717, 1.165) is 30.4 Å². The number of nitrogens with zero attached hydrogens (tertiary/aromatic N) is 2. The molecule has 5 nitrogen and oxygen atoms in total. The van der Waals surface area contributed by atoms with E-state index < -0.39 is 0 Å². The van der Waals surface area contributed by atoms with Crippen molar-refractivity contribution in [3.8, 4) is 11.6 Å². The first-order chi connectivity index (χ1) is 9.40. The average Bonchev–Trinajstić information content (AvgIpc) is 3.17. The summed E-state index contributed by atoms with van der Waals surface area (Å²) in [4.78, 5) is 4.42. The average molecular weight is 255 g/mol. The van der Waals surface area contributed by atoms with Crippen LogP contribution in [0.1, 0.15) is 24.8 Å². The van der Waals surface area contributed by atoms with Crippen molar-refractivity contribution in [3.05, 3.63) is 36.2 Å². The number of benzene rings is 1. The number of para-hydroxylation sites is 1. The number of hydrogen-bond donors (Lipinski definition) is 1. The van der Waals surface area contributed by atoms with Crippen LogP contribution in [-0.2, 0) is 0 Å². The van der Waals surface area contributed by atoms with E-state index in [-0.39, 0.29) is 6.04 Å². The minimum absolute atomic E-state index is 0.186. The summed E-state index contributed by atoms with van der Waals surface area (Å²) < 4.78 is 11.0. The molecule has 3 heterocycles. The van der Waals surface area contributed by atoms with Gasteiger partial charge in [-0.15, -0.1) is 0 Å². The molecule has 2 aromatic heterocycles. The van der Waals surface area contributed by atoms with Crippen molar-refractivity contribution in [2.75, 3.05) is 6.54 Å². The van der Waals surface area contributed by atoms with E-state index in [1.165, 1.54) is 0 Å². The van der Waals surface area contributed by atoms with Gasteiger partial charge in [0.15, 0.2) is 5.76 Å². The van der Waals surface area contributed by atoms with Gasteiger partial charge in [-0.2, -0.15) is 4.98 Å². The molecular weight excluding hydrogens is 242 g/mol. The van der Waals surface area contributed by atoms with Crippen LogP contribution in [0.25, 0.3) is 22.6 Å². The van der Waals surface area contributed by atoms with Gasteiger partial charge in [0.1, 0.15) is 5.58 Å². The Morgan fingerprint density at radius 3 is 3.05 bits per heavy atom. The molecule has 0 radical (unpaired) electrons. The Labute approximate surface area is 109 Å². The van der Waals surface area contributed by atoms with Crippen LogP contribution in [-0.4, -0.2) is 16.7 Å². The number of hydrogen-bond acceptors (Lipinski definition) is 5. The van der Waals surface area contributed by atoms with E-state index in [9.17, 15) is 0 Å². The summed E-state index contributed by atoms with van der Waals surface area (Å²) >= 11 is 0. The van der Waals surface area contributed by atoms with Crippen molar-refractivity contribution in [1.29, 1.82) is 0 Å². The number of fused-ring (bicyclic) bond motifs is 1. The zero-order chi connectivity index (χ0) is 12.7. The van der Waals surface area contributed by atoms with Gasteiger partial charge in [0.05, 0.1) is 6.04 Å². The van der Waals surface area contributed by atoms with E-state index >= 15 is 0 Å². The monoisotopic (exact) mass is 255 g/mol. The summed E-state index contributed by atoms with van der Waals surface area (Å²) in [5.74, 6) is 1.81. The highest BCUT2D eigenvalue weighted by atomic mass is 16.5. The Bertz CT molecular complexity index is 677. The van der Waals surface area contributed by atoms with Crippen molar-refractivity contribution in [2.45, 2.75) is 18.9 Å². The van der Waals surface area contributed by atoms with Crippen LogP contribution in [0.15, 0.2) is 39.3 Å². The largest absolute Gasteiger partial charge is 0.453 e. The summed E-state index contributed by atoms with van der Waals surface area (Å²) in [6, 6.07) is 9.98. The van der Waals surface area contributed by atoms with Gasteiger partial charge in [-0.1, -0.05) is 23.4 Å². The second-order valence-corrected chi connectivity index (χ2v) is 4.75. The Morgan fingerprint density at radius 2 is 2.21 bits per heavy atom. The Hall–Kier alpha value is -2.14. The van der Waals surface area contributed by atoms with Gasteiger partial charge in [-0.25, -0.2) is 0 Å². The van der Waals surface area contributed by atoms with Gasteiger partial charge in [0, 0.05) is 5.39 Å². The summed E-state index contributed by atoms with van der Waals surface area (Å²) in [6.45, 7) is 1.01. The molecule has 19 heavy (non-hydrogen) atoms. The zero-order valence-electron chi connectivity index (χ0n) is 10.3. The number of aromatic nitrogens is 2. The third kappa shape index (κ3) is 1.82. The van der Waals surface area contributed by atoms with Crippen LogP contribution in [0.5, 0.6) is 0 Å². The molecule has 0 amide bonds. The molecule has 4 rings (SSSR count). The van der Waals surface area contributed by atoms with Crippen LogP contribution >= 0.6 is 0 Å². The van der Waals surface area contributed by atoms with Gasteiger partial charge >= 0.3 is 0 Å². The normalized spacial score (nSPS) is 19.3. The Kier molecular flexibility index (Phi) is 2.38. The second kappa shape index (κ2) is 4.20. The maximum absolute atomic E-state index is 5.72. The lowest BCUT2D eigenvalue weighted by Gasteiger charge is -2.00. The second-order valence-electron chi connectivity index (χ2n) is 4.75. The zero-order valence-corrected chi connectivity index (χ0v) is 10.3. The molecule has 1 fully saturated rings. The molecule has 0 bridgehead atoms. The first-order valence-electron chi connectivity index (χ1n) is 6.46. The highest BCUT2D eigenvalue weighted by Crippen LogP contribution is 2.28. The summed E-state index contributed by atoms with van der Waals surface area (Å²) in [5, 5.41) is 8.39. The summed E-state index contributed by atoms with van der Waals surface area (Å²) in [6.07, 6.45) is 2.19. The van der Waals surface area contributed by atoms with Crippen LogP contribution in [0, 0.1) is 0 Å². The van der Waals surface area contributed by atoms with Crippen LogP contribution in [0.4, 0.5) is 0 Å².